The molecular formula is C17H11F2N5S2. The molecule has 9 heteroatoms. The second-order valence-electron chi connectivity index (χ2n) is 5.62. The lowest BCUT2D eigenvalue weighted by Gasteiger charge is -2.06. The summed E-state index contributed by atoms with van der Waals surface area (Å²) in [4.78, 5) is 5.16. The van der Waals surface area contributed by atoms with Gasteiger partial charge in [0.05, 0.1) is 27.0 Å². The normalized spacial score (nSPS) is 12.1. The fraction of sp³-hybridized carbons (Fsp3) is 0.118. The van der Waals surface area contributed by atoms with Crippen LogP contribution in [0.5, 0.6) is 0 Å². The average molecular weight is 387 g/mol. The van der Waals surface area contributed by atoms with E-state index in [2.05, 4.69) is 15.2 Å². The molecule has 3 aromatic heterocycles. The summed E-state index contributed by atoms with van der Waals surface area (Å²) >= 11 is 2.91. The molecule has 0 aliphatic heterocycles. The molecule has 0 saturated carbocycles. The van der Waals surface area contributed by atoms with Crippen LogP contribution in [0.15, 0.2) is 53.7 Å². The number of hydrogen-bond acceptors (Lipinski definition) is 5. The molecule has 0 atom stereocenters. The molecule has 0 spiro atoms. The van der Waals surface area contributed by atoms with E-state index in [9.17, 15) is 8.78 Å². The summed E-state index contributed by atoms with van der Waals surface area (Å²) in [5.74, 6) is 0.603. The zero-order chi connectivity index (χ0) is 17.7. The Bertz CT molecular complexity index is 1240. The highest BCUT2D eigenvalue weighted by Crippen LogP contribution is 2.32. The van der Waals surface area contributed by atoms with E-state index in [-0.39, 0.29) is 5.75 Å². The van der Waals surface area contributed by atoms with Crippen molar-refractivity contribution in [2.75, 3.05) is 0 Å². The Balaban J connectivity index is 1.55. The lowest BCUT2D eigenvalue weighted by Crippen LogP contribution is -2.03. The summed E-state index contributed by atoms with van der Waals surface area (Å²) in [6, 6.07) is 14.9. The SMILES string of the molecule is FC(F)n1c(CSc2nnc3sc4ccccc4n23)nc2ccccc21. The Morgan fingerprint density at radius 1 is 1.00 bits per heavy atom. The predicted octanol–water partition coefficient (Wildman–Crippen LogP) is 4.98. The van der Waals surface area contributed by atoms with Crippen LogP contribution in [0.1, 0.15) is 12.4 Å². The minimum Gasteiger partial charge on any atom is -0.269 e. The van der Waals surface area contributed by atoms with Crippen LogP contribution in [0.25, 0.3) is 26.2 Å². The van der Waals surface area contributed by atoms with Crippen molar-refractivity contribution in [1.29, 1.82) is 0 Å². The minimum atomic E-state index is -2.64. The lowest BCUT2D eigenvalue weighted by molar-refractivity contribution is 0.0722. The fourth-order valence-electron chi connectivity index (χ4n) is 2.99. The molecule has 130 valence electrons. The number of rotatable bonds is 4. The number of fused-ring (bicyclic) bond motifs is 4. The van der Waals surface area contributed by atoms with E-state index >= 15 is 0 Å². The highest BCUT2D eigenvalue weighted by atomic mass is 32.2. The highest BCUT2D eigenvalue weighted by molar-refractivity contribution is 7.98. The molecule has 26 heavy (non-hydrogen) atoms. The van der Waals surface area contributed by atoms with Gasteiger partial charge in [0.15, 0.2) is 5.16 Å². The van der Waals surface area contributed by atoms with Crippen LogP contribution >= 0.6 is 23.1 Å². The van der Waals surface area contributed by atoms with Gasteiger partial charge in [-0.25, -0.2) is 4.98 Å². The van der Waals surface area contributed by atoms with Gasteiger partial charge < -0.3 is 0 Å². The first-order valence-electron chi connectivity index (χ1n) is 7.82. The van der Waals surface area contributed by atoms with Gasteiger partial charge in [-0.3, -0.25) is 8.97 Å². The largest absolute Gasteiger partial charge is 0.320 e. The zero-order valence-corrected chi connectivity index (χ0v) is 14.8. The maximum absolute atomic E-state index is 13.6. The van der Waals surface area contributed by atoms with Crippen molar-refractivity contribution in [2.24, 2.45) is 0 Å². The standard InChI is InChI=1S/C17H11F2N5S2/c18-15(19)23-11-6-2-1-5-10(11)20-14(23)9-25-16-21-22-17-24(16)12-7-3-4-8-13(12)26-17/h1-8,15H,9H2. The monoisotopic (exact) mass is 387 g/mol. The van der Waals surface area contributed by atoms with Crippen LogP contribution in [-0.2, 0) is 5.75 Å². The van der Waals surface area contributed by atoms with E-state index in [1.165, 1.54) is 11.8 Å². The first-order chi connectivity index (χ1) is 12.7. The van der Waals surface area contributed by atoms with Crippen LogP contribution in [0.2, 0.25) is 0 Å². The van der Waals surface area contributed by atoms with Crippen molar-refractivity contribution in [2.45, 2.75) is 17.5 Å². The molecule has 5 nitrogen and oxygen atoms in total. The number of benzene rings is 2. The zero-order valence-electron chi connectivity index (χ0n) is 13.2. The summed E-state index contributed by atoms with van der Waals surface area (Å²) in [7, 11) is 0. The Hall–Kier alpha value is -2.52. The van der Waals surface area contributed by atoms with Gasteiger partial charge in [0, 0.05) is 0 Å². The molecule has 5 aromatic rings. The third-order valence-electron chi connectivity index (χ3n) is 4.11. The third-order valence-corrected chi connectivity index (χ3v) is 6.04. The number of halogens is 2. The maximum atomic E-state index is 13.6. The molecule has 3 heterocycles. The molecule has 0 fully saturated rings. The number of alkyl halides is 2. The van der Waals surface area contributed by atoms with Crippen molar-refractivity contribution in [3.8, 4) is 0 Å². The predicted molar refractivity (Wildman–Crippen MR) is 98.9 cm³/mol. The molecule has 0 unspecified atom stereocenters. The second-order valence-corrected chi connectivity index (χ2v) is 7.58. The van der Waals surface area contributed by atoms with E-state index in [0.29, 0.717) is 22.0 Å². The van der Waals surface area contributed by atoms with Crippen LogP contribution < -0.4 is 0 Å². The molecule has 0 amide bonds. The molecule has 0 bridgehead atoms. The van der Waals surface area contributed by atoms with E-state index < -0.39 is 6.55 Å². The molecule has 0 saturated heterocycles. The first-order valence-corrected chi connectivity index (χ1v) is 9.62. The fourth-order valence-corrected chi connectivity index (χ4v) is 4.89. The van der Waals surface area contributed by atoms with E-state index in [1.807, 2.05) is 28.7 Å². The highest BCUT2D eigenvalue weighted by Gasteiger charge is 2.19. The van der Waals surface area contributed by atoms with Crippen molar-refractivity contribution >= 4 is 49.3 Å². The van der Waals surface area contributed by atoms with Gasteiger partial charge in [-0.2, -0.15) is 8.78 Å². The number of hydrogen-bond donors (Lipinski definition) is 0. The third kappa shape index (κ3) is 2.38. The summed E-state index contributed by atoms with van der Waals surface area (Å²) in [6.45, 7) is -2.64. The van der Waals surface area contributed by atoms with Crippen LogP contribution in [0.3, 0.4) is 0 Å². The van der Waals surface area contributed by atoms with Gasteiger partial charge in [0.2, 0.25) is 4.96 Å². The van der Waals surface area contributed by atoms with Crippen molar-refractivity contribution in [3.05, 3.63) is 54.4 Å². The average Bonchev–Trinajstić information content (AvgIpc) is 3.31. The quantitative estimate of drug-likeness (QED) is 0.408. The number of imidazole rings is 1. The molecular weight excluding hydrogens is 376 g/mol. The minimum absolute atomic E-state index is 0.282. The van der Waals surface area contributed by atoms with Crippen LogP contribution in [-0.4, -0.2) is 24.1 Å². The van der Waals surface area contributed by atoms with E-state index in [4.69, 9.17) is 0 Å². The number of thioether (sulfide) groups is 1. The number of thiazole rings is 1. The van der Waals surface area contributed by atoms with E-state index in [1.54, 1.807) is 35.6 Å². The van der Waals surface area contributed by atoms with Crippen molar-refractivity contribution in [3.63, 3.8) is 0 Å². The topological polar surface area (TPSA) is 48.0 Å². The van der Waals surface area contributed by atoms with Gasteiger partial charge >= 0.3 is 6.55 Å². The van der Waals surface area contributed by atoms with Crippen LogP contribution in [0.4, 0.5) is 8.78 Å². The maximum Gasteiger partial charge on any atom is 0.320 e. The summed E-state index contributed by atoms with van der Waals surface area (Å²) in [5.41, 5.74) is 2.02. The lowest BCUT2D eigenvalue weighted by atomic mass is 10.3. The summed E-state index contributed by atoms with van der Waals surface area (Å²) < 4.78 is 31.1. The molecule has 0 radical (unpaired) electrons. The van der Waals surface area contributed by atoms with Gasteiger partial charge in [0.25, 0.3) is 0 Å². The smallest absolute Gasteiger partial charge is 0.269 e. The molecule has 2 aromatic carbocycles. The van der Waals surface area contributed by atoms with Gasteiger partial charge in [-0.15, -0.1) is 10.2 Å². The Morgan fingerprint density at radius 3 is 2.62 bits per heavy atom. The summed E-state index contributed by atoms with van der Waals surface area (Å²) in [6.07, 6.45) is 0. The molecule has 0 N–H and O–H groups in total. The molecule has 0 aliphatic carbocycles. The van der Waals surface area contributed by atoms with Gasteiger partial charge in [0.1, 0.15) is 5.82 Å². The Labute approximate surface area is 154 Å². The molecule has 5 rings (SSSR count). The molecule has 0 aliphatic rings. The second kappa shape index (κ2) is 6.03. The Morgan fingerprint density at radius 2 is 1.77 bits per heavy atom. The van der Waals surface area contributed by atoms with Crippen molar-refractivity contribution < 1.29 is 8.78 Å². The van der Waals surface area contributed by atoms with Gasteiger partial charge in [-0.1, -0.05) is 47.4 Å². The van der Waals surface area contributed by atoms with Crippen LogP contribution in [0, 0.1) is 0 Å². The van der Waals surface area contributed by atoms with Crippen molar-refractivity contribution in [1.82, 2.24) is 24.1 Å². The first kappa shape index (κ1) is 15.7. The Kier molecular flexibility index (Phi) is 3.64. The summed E-state index contributed by atoms with van der Waals surface area (Å²) in [5, 5.41) is 9.09. The number of nitrogens with zero attached hydrogens (tertiary/aromatic N) is 5. The van der Waals surface area contributed by atoms with Gasteiger partial charge in [-0.05, 0) is 24.3 Å². The number of para-hydroxylation sites is 3. The number of aromatic nitrogens is 5. The van der Waals surface area contributed by atoms with E-state index in [0.717, 1.165) is 19.7 Å².